The van der Waals surface area contributed by atoms with Gasteiger partial charge in [0.2, 0.25) is 11.7 Å². The molecule has 6 nitrogen and oxygen atoms in total. The summed E-state index contributed by atoms with van der Waals surface area (Å²) < 4.78 is 4.77. The van der Waals surface area contributed by atoms with Gasteiger partial charge in [-0.2, -0.15) is 0 Å². The Kier molecular flexibility index (Phi) is 2.56. The number of rotatable bonds is 2. The van der Waals surface area contributed by atoms with E-state index in [1.165, 1.54) is 12.3 Å². The van der Waals surface area contributed by atoms with E-state index in [1.807, 2.05) is 6.07 Å². The highest BCUT2D eigenvalue weighted by molar-refractivity contribution is 6.04. The van der Waals surface area contributed by atoms with Gasteiger partial charge in [-0.25, -0.2) is 0 Å². The smallest absolute Gasteiger partial charge is 0.294 e. The number of benzene rings is 1. The standard InChI is InChI=1S/C13H11N3O3/c1-16-10-3-2-9(6-8(10)7-12(16)17)15-13(18)11-4-5-14-19-11/h2-6H,7H2,1H3,(H,15,18). The maximum Gasteiger partial charge on any atom is 0.294 e. The summed E-state index contributed by atoms with van der Waals surface area (Å²) in [5.74, 6) is -0.169. The normalized spacial score (nSPS) is 13.5. The van der Waals surface area contributed by atoms with Crippen LogP contribution in [0.5, 0.6) is 0 Å². The van der Waals surface area contributed by atoms with Gasteiger partial charge < -0.3 is 14.7 Å². The third kappa shape index (κ3) is 1.97. The fourth-order valence-electron chi connectivity index (χ4n) is 2.07. The largest absolute Gasteiger partial charge is 0.351 e. The Morgan fingerprint density at radius 2 is 2.26 bits per heavy atom. The van der Waals surface area contributed by atoms with Gasteiger partial charge in [0.05, 0.1) is 12.6 Å². The summed E-state index contributed by atoms with van der Waals surface area (Å²) >= 11 is 0. The van der Waals surface area contributed by atoms with E-state index >= 15 is 0 Å². The van der Waals surface area contributed by atoms with Crippen molar-refractivity contribution in [1.82, 2.24) is 5.16 Å². The van der Waals surface area contributed by atoms with Crippen LogP contribution >= 0.6 is 0 Å². The van der Waals surface area contributed by atoms with Crippen LogP contribution in [0.3, 0.4) is 0 Å². The molecule has 2 heterocycles. The number of amides is 2. The maximum absolute atomic E-state index is 11.8. The summed E-state index contributed by atoms with van der Waals surface area (Å²) in [6, 6.07) is 6.85. The van der Waals surface area contributed by atoms with Gasteiger partial charge in [-0.1, -0.05) is 5.16 Å². The van der Waals surface area contributed by atoms with Gasteiger partial charge in [0, 0.05) is 24.5 Å². The molecular formula is C13H11N3O3. The highest BCUT2D eigenvalue weighted by Gasteiger charge is 2.24. The van der Waals surface area contributed by atoms with E-state index in [0.717, 1.165) is 11.3 Å². The van der Waals surface area contributed by atoms with E-state index in [1.54, 1.807) is 24.1 Å². The molecule has 1 aromatic heterocycles. The number of aromatic nitrogens is 1. The lowest BCUT2D eigenvalue weighted by Gasteiger charge is -2.10. The second kappa shape index (κ2) is 4.24. The topological polar surface area (TPSA) is 75.4 Å². The number of likely N-dealkylation sites (N-methyl/N-ethyl adjacent to an activating group) is 1. The molecule has 1 N–H and O–H groups in total. The van der Waals surface area contributed by atoms with Crippen LogP contribution in [0.4, 0.5) is 11.4 Å². The summed E-state index contributed by atoms with van der Waals surface area (Å²) in [7, 11) is 1.74. The number of nitrogens with zero attached hydrogens (tertiary/aromatic N) is 2. The Hall–Kier alpha value is -2.63. The lowest BCUT2D eigenvalue weighted by atomic mass is 10.1. The molecule has 1 aliphatic rings. The van der Waals surface area contributed by atoms with Crippen LogP contribution in [-0.4, -0.2) is 24.0 Å². The number of nitrogens with one attached hydrogen (secondary N) is 1. The minimum Gasteiger partial charge on any atom is -0.351 e. The molecule has 19 heavy (non-hydrogen) atoms. The van der Waals surface area contributed by atoms with E-state index < -0.39 is 0 Å². The van der Waals surface area contributed by atoms with Gasteiger partial charge in [0.1, 0.15) is 0 Å². The van der Waals surface area contributed by atoms with Crippen molar-refractivity contribution in [3.8, 4) is 0 Å². The molecule has 0 saturated heterocycles. The molecule has 0 radical (unpaired) electrons. The Morgan fingerprint density at radius 3 is 3.00 bits per heavy atom. The number of carbonyl (C=O) groups is 2. The summed E-state index contributed by atoms with van der Waals surface area (Å²) in [4.78, 5) is 25.0. The van der Waals surface area contributed by atoms with Gasteiger partial charge in [-0.15, -0.1) is 0 Å². The van der Waals surface area contributed by atoms with E-state index in [4.69, 9.17) is 4.52 Å². The number of hydrogen-bond donors (Lipinski definition) is 1. The lowest BCUT2D eigenvalue weighted by molar-refractivity contribution is -0.117. The minimum atomic E-state index is -0.366. The van der Waals surface area contributed by atoms with Crippen LogP contribution in [-0.2, 0) is 11.2 Å². The van der Waals surface area contributed by atoms with Crippen LogP contribution in [0, 0.1) is 0 Å². The van der Waals surface area contributed by atoms with Crippen molar-refractivity contribution >= 4 is 23.2 Å². The Balaban J connectivity index is 1.83. The monoisotopic (exact) mass is 257 g/mol. The summed E-state index contributed by atoms with van der Waals surface area (Å²) in [5.41, 5.74) is 2.41. The SMILES string of the molecule is CN1C(=O)Cc2cc(NC(=O)c3ccno3)ccc21. The first-order chi connectivity index (χ1) is 9.15. The summed E-state index contributed by atoms with van der Waals surface area (Å²) in [6.45, 7) is 0. The van der Waals surface area contributed by atoms with Crippen LogP contribution < -0.4 is 10.2 Å². The van der Waals surface area contributed by atoms with Crippen molar-refractivity contribution in [2.24, 2.45) is 0 Å². The van der Waals surface area contributed by atoms with Crippen molar-refractivity contribution in [3.63, 3.8) is 0 Å². The summed E-state index contributed by atoms with van der Waals surface area (Å²) in [6.07, 6.45) is 1.77. The Labute approximate surface area is 109 Å². The van der Waals surface area contributed by atoms with Crippen LogP contribution in [0.25, 0.3) is 0 Å². The maximum atomic E-state index is 11.8. The molecule has 6 heteroatoms. The van der Waals surface area contributed by atoms with Crippen LogP contribution in [0.15, 0.2) is 35.0 Å². The number of anilines is 2. The third-order valence-electron chi connectivity index (χ3n) is 3.08. The predicted molar refractivity (Wildman–Crippen MR) is 68.0 cm³/mol. The molecule has 0 atom stereocenters. The molecule has 0 bridgehead atoms. The van der Waals surface area contributed by atoms with Gasteiger partial charge in [-0.3, -0.25) is 9.59 Å². The molecule has 1 aliphatic heterocycles. The average Bonchev–Trinajstić information content (AvgIpc) is 2.99. The van der Waals surface area contributed by atoms with Crippen molar-refractivity contribution < 1.29 is 14.1 Å². The average molecular weight is 257 g/mol. The molecule has 0 aliphatic carbocycles. The quantitative estimate of drug-likeness (QED) is 0.883. The Morgan fingerprint density at radius 1 is 1.42 bits per heavy atom. The van der Waals surface area contributed by atoms with Gasteiger partial charge >= 0.3 is 0 Å². The molecule has 2 aromatic rings. The first-order valence-electron chi connectivity index (χ1n) is 5.76. The molecule has 0 spiro atoms. The van der Waals surface area contributed by atoms with E-state index in [2.05, 4.69) is 10.5 Å². The zero-order valence-electron chi connectivity index (χ0n) is 10.2. The fourth-order valence-corrected chi connectivity index (χ4v) is 2.07. The van der Waals surface area contributed by atoms with Crippen molar-refractivity contribution in [2.75, 3.05) is 17.3 Å². The van der Waals surface area contributed by atoms with E-state index in [-0.39, 0.29) is 17.6 Å². The van der Waals surface area contributed by atoms with Crippen LogP contribution in [0.2, 0.25) is 0 Å². The molecule has 0 fully saturated rings. The van der Waals surface area contributed by atoms with Crippen molar-refractivity contribution in [2.45, 2.75) is 6.42 Å². The Bertz CT molecular complexity index is 649. The van der Waals surface area contributed by atoms with Crippen LogP contribution in [0.1, 0.15) is 16.1 Å². The molecule has 96 valence electrons. The lowest BCUT2D eigenvalue weighted by Crippen LogP contribution is -2.20. The molecule has 3 rings (SSSR count). The third-order valence-corrected chi connectivity index (χ3v) is 3.08. The second-order valence-corrected chi connectivity index (χ2v) is 4.30. The first kappa shape index (κ1) is 11.5. The van der Waals surface area contributed by atoms with Gasteiger partial charge in [0.25, 0.3) is 5.91 Å². The predicted octanol–water partition coefficient (Wildman–Crippen LogP) is 1.45. The first-order valence-corrected chi connectivity index (χ1v) is 5.76. The highest BCUT2D eigenvalue weighted by Crippen LogP contribution is 2.30. The zero-order chi connectivity index (χ0) is 13.4. The number of hydrogen-bond acceptors (Lipinski definition) is 4. The minimum absolute atomic E-state index is 0.0497. The van der Waals surface area contributed by atoms with Gasteiger partial charge in [-0.05, 0) is 23.8 Å². The molecular weight excluding hydrogens is 246 g/mol. The van der Waals surface area contributed by atoms with E-state index in [9.17, 15) is 9.59 Å². The number of carbonyl (C=O) groups excluding carboxylic acids is 2. The molecule has 0 saturated carbocycles. The molecule has 1 aromatic carbocycles. The summed E-state index contributed by atoms with van der Waals surface area (Å²) in [5, 5.41) is 6.18. The van der Waals surface area contributed by atoms with E-state index in [0.29, 0.717) is 12.1 Å². The fraction of sp³-hybridized carbons (Fsp3) is 0.154. The number of fused-ring (bicyclic) bond motifs is 1. The zero-order valence-corrected chi connectivity index (χ0v) is 10.2. The highest BCUT2D eigenvalue weighted by atomic mass is 16.5. The molecule has 0 unspecified atom stereocenters. The van der Waals surface area contributed by atoms with Crippen molar-refractivity contribution in [3.05, 3.63) is 41.8 Å². The second-order valence-electron chi connectivity index (χ2n) is 4.30. The van der Waals surface area contributed by atoms with Gasteiger partial charge in [0.15, 0.2) is 0 Å². The molecule has 2 amide bonds. The van der Waals surface area contributed by atoms with Crippen molar-refractivity contribution in [1.29, 1.82) is 0 Å².